The van der Waals surface area contributed by atoms with E-state index in [1.165, 1.54) is 6.42 Å². The molecule has 1 aromatic carbocycles. The van der Waals surface area contributed by atoms with Crippen LogP contribution < -0.4 is 10.6 Å². The first-order chi connectivity index (χ1) is 9.58. The molecule has 0 saturated carbocycles. The van der Waals surface area contributed by atoms with E-state index in [9.17, 15) is 4.79 Å². The molecule has 0 aromatic heterocycles. The van der Waals surface area contributed by atoms with Gasteiger partial charge in [0, 0.05) is 30.9 Å². The zero-order chi connectivity index (χ0) is 14.5. The van der Waals surface area contributed by atoms with Gasteiger partial charge in [-0.1, -0.05) is 12.1 Å². The van der Waals surface area contributed by atoms with Crippen molar-refractivity contribution < 1.29 is 4.79 Å². The standard InChI is InChI=1S/C16H25N3O/c1-4-17-16(20)10-13-5-7-14(8-6-13)18-15-9-12(2)19(3)11-15/h5-8,12,15,18H,4,9-11H2,1-3H3,(H,17,20). The number of likely N-dealkylation sites (tertiary alicyclic amines) is 1. The summed E-state index contributed by atoms with van der Waals surface area (Å²) in [5.41, 5.74) is 2.19. The molecule has 2 rings (SSSR count). The Balaban J connectivity index is 1.87. The van der Waals surface area contributed by atoms with E-state index in [0.717, 1.165) is 17.8 Å². The topological polar surface area (TPSA) is 44.4 Å². The van der Waals surface area contributed by atoms with E-state index >= 15 is 0 Å². The molecular formula is C16H25N3O. The summed E-state index contributed by atoms with van der Waals surface area (Å²) in [6.45, 7) is 5.97. The summed E-state index contributed by atoms with van der Waals surface area (Å²) in [5.74, 6) is 0.0828. The molecule has 4 nitrogen and oxygen atoms in total. The van der Waals surface area contributed by atoms with Crippen LogP contribution in [0.2, 0.25) is 0 Å². The van der Waals surface area contributed by atoms with Crippen LogP contribution in [0.3, 0.4) is 0 Å². The van der Waals surface area contributed by atoms with E-state index in [2.05, 4.69) is 41.6 Å². The van der Waals surface area contributed by atoms with Gasteiger partial charge >= 0.3 is 0 Å². The van der Waals surface area contributed by atoms with Crippen LogP contribution in [0.1, 0.15) is 25.8 Å². The molecule has 0 spiro atoms. The number of likely N-dealkylation sites (N-methyl/N-ethyl adjacent to an activating group) is 2. The van der Waals surface area contributed by atoms with Crippen LogP contribution >= 0.6 is 0 Å². The Morgan fingerprint density at radius 2 is 2.05 bits per heavy atom. The Hall–Kier alpha value is -1.55. The molecule has 110 valence electrons. The van der Waals surface area contributed by atoms with E-state index in [1.54, 1.807) is 0 Å². The van der Waals surface area contributed by atoms with Gasteiger partial charge in [-0.25, -0.2) is 0 Å². The van der Waals surface area contributed by atoms with Gasteiger partial charge in [0.2, 0.25) is 5.91 Å². The summed E-state index contributed by atoms with van der Waals surface area (Å²) in [6, 6.07) is 9.35. The molecule has 1 aliphatic rings. The maximum atomic E-state index is 11.5. The van der Waals surface area contributed by atoms with Crippen molar-refractivity contribution in [3.63, 3.8) is 0 Å². The molecule has 1 aliphatic heterocycles. The van der Waals surface area contributed by atoms with Crippen LogP contribution in [0.4, 0.5) is 5.69 Å². The molecule has 1 aromatic rings. The Morgan fingerprint density at radius 3 is 2.60 bits per heavy atom. The Morgan fingerprint density at radius 1 is 1.35 bits per heavy atom. The number of nitrogens with one attached hydrogen (secondary N) is 2. The molecule has 0 radical (unpaired) electrons. The molecule has 20 heavy (non-hydrogen) atoms. The predicted octanol–water partition coefficient (Wildman–Crippen LogP) is 1.87. The number of amides is 1. The summed E-state index contributed by atoms with van der Waals surface area (Å²) in [4.78, 5) is 13.9. The van der Waals surface area contributed by atoms with Gasteiger partial charge in [0.05, 0.1) is 6.42 Å². The molecule has 2 atom stereocenters. The number of carbonyl (C=O) groups excluding carboxylic acids is 1. The monoisotopic (exact) mass is 275 g/mol. The maximum Gasteiger partial charge on any atom is 0.224 e. The van der Waals surface area contributed by atoms with Crippen molar-refractivity contribution in [2.24, 2.45) is 0 Å². The molecule has 1 saturated heterocycles. The highest BCUT2D eigenvalue weighted by molar-refractivity contribution is 5.78. The lowest BCUT2D eigenvalue weighted by molar-refractivity contribution is -0.120. The van der Waals surface area contributed by atoms with Crippen molar-refractivity contribution in [3.8, 4) is 0 Å². The fourth-order valence-electron chi connectivity index (χ4n) is 2.70. The van der Waals surface area contributed by atoms with Crippen molar-refractivity contribution in [2.75, 3.05) is 25.5 Å². The number of nitrogens with zero attached hydrogens (tertiary/aromatic N) is 1. The molecule has 0 bridgehead atoms. The van der Waals surface area contributed by atoms with Gasteiger partial charge in [-0.05, 0) is 45.0 Å². The lowest BCUT2D eigenvalue weighted by Crippen LogP contribution is -2.25. The average Bonchev–Trinajstić information content (AvgIpc) is 2.71. The van der Waals surface area contributed by atoms with Crippen molar-refractivity contribution in [1.82, 2.24) is 10.2 Å². The molecule has 1 heterocycles. The molecule has 0 aliphatic carbocycles. The van der Waals surface area contributed by atoms with Gasteiger partial charge in [-0.2, -0.15) is 0 Å². The minimum Gasteiger partial charge on any atom is -0.381 e. The second kappa shape index (κ2) is 6.75. The van der Waals surface area contributed by atoms with Gasteiger partial charge < -0.3 is 15.5 Å². The van der Waals surface area contributed by atoms with Crippen LogP contribution in [0.25, 0.3) is 0 Å². The summed E-state index contributed by atoms with van der Waals surface area (Å²) in [7, 11) is 2.17. The highest BCUT2D eigenvalue weighted by atomic mass is 16.1. The first kappa shape index (κ1) is 14.9. The highest BCUT2D eigenvalue weighted by Gasteiger charge is 2.25. The van der Waals surface area contributed by atoms with Crippen molar-refractivity contribution >= 4 is 11.6 Å². The number of anilines is 1. The molecular weight excluding hydrogens is 250 g/mol. The van der Waals surface area contributed by atoms with E-state index in [4.69, 9.17) is 0 Å². The lowest BCUT2D eigenvalue weighted by Gasteiger charge is -2.14. The smallest absolute Gasteiger partial charge is 0.224 e. The zero-order valence-corrected chi connectivity index (χ0v) is 12.6. The van der Waals surface area contributed by atoms with Gasteiger partial charge in [-0.3, -0.25) is 4.79 Å². The molecule has 2 N–H and O–H groups in total. The quantitative estimate of drug-likeness (QED) is 0.862. The third-order valence-corrected chi connectivity index (χ3v) is 3.95. The van der Waals surface area contributed by atoms with Gasteiger partial charge in [0.25, 0.3) is 0 Å². The molecule has 1 amide bonds. The third kappa shape index (κ3) is 3.97. The van der Waals surface area contributed by atoms with Crippen molar-refractivity contribution in [2.45, 2.75) is 38.8 Å². The van der Waals surface area contributed by atoms with Gasteiger partial charge in [-0.15, -0.1) is 0 Å². The highest BCUT2D eigenvalue weighted by Crippen LogP contribution is 2.20. The van der Waals surface area contributed by atoms with Crippen LogP contribution in [0, 0.1) is 0 Å². The summed E-state index contributed by atoms with van der Waals surface area (Å²) < 4.78 is 0. The van der Waals surface area contributed by atoms with Crippen LogP contribution in [0.5, 0.6) is 0 Å². The summed E-state index contributed by atoms with van der Waals surface area (Å²) in [6.07, 6.45) is 1.63. The van der Waals surface area contributed by atoms with Crippen LogP contribution in [0.15, 0.2) is 24.3 Å². The molecule has 4 heteroatoms. The van der Waals surface area contributed by atoms with Crippen molar-refractivity contribution in [3.05, 3.63) is 29.8 Å². The van der Waals surface area contributed by atoms with Crippen molar-refractivity contribution in [1.29, 1.82) is 0 Å². The number of benzene rings is 1. The maximum absolute atomic E-state index is 11.5. The summed E-state index contributed by atoms with van der Waals surface area (Å²) >= 11 is 0. The van der Waals surface area contributed by atoms with E-state index in [0.29, 0.717) is 25.0 Å². The Labute approximate surface area is 121 Å². The first-order valence-electron chi connectivity index (χ1n) is 7.41. The normalized spacial score (nSPS) is 22.8. The third-order valence-electron chi connectivity index (χ3n) is 3.95. The minimum absolute atomic E-state index is 0.0828. The number of hydrogen-bond acceptors (Lipinski definition) is 3. The summed E-state index contributed by atoms with van der Waals surface area (Å²) in [5, 5.41) is 6.38. The van der Waals surface area contributed by atoms with E-state index in [1.807, 2.05) is 19.1 Å². The van der Waals surface area contributed by atoms with E-state index < -0.39 is 0 Å². The second-order valence-electron chi connectivity index (χ2n) is 5.69. The fourth-order valence-corrected chi connectivity index (χ4v) is 2.70. The van der Waals surface area contributed by atoms with E-state index in [-0.39, 0.29) is 5.91 Å². The largest absolute Gasteiger partial charge is 0.381 e. The molecule has 2 unspecified atom stereocenters. The number of rotatable bonds is 5. The fraction of sp³-hybridized carbons (Fsp3) is 0.562. The van der Waals surface area contributed by atoms with Gasteiger partial charge in [0.15, 0.2) is 0 Å². The first-order valence-corrected chi connectivity index (χ1v) is 7.41. The van der Waals surface area contributed by atoms with Crippen LogP contribution in [-0.4, -0.2) is 43.0 Å². The number of hydrogen-bond donors (Lipinski definition) is 2. The Kier molecular flexibility index (Phi) is 5.01. The van der Waals surface area contributed by atoms with Gasteiger partial charge in [0.1, 0.15) is 0 Å². The average molecular weight is 275 g/mol. The zero-order valence-electron chi connectivity index (χ0n) is 12.6. The number of carbonyl (C=O) groups is 1. The van der Waals surface area contributed by atoms with Crippen LogP contribution in [-0.2, 0) is 11.2 Å². The lowest BCUT2D eigenvalue weighted by atomic mass is 10.1. The predicted molar refractivity (Wildman–Crippen MR) is 82.9 cm³/mol. The second-order valence-corrected chi connectivity index (χ2v) is 5.69. The Bertz CT molecular complexity index is 434. The minimum atomic E-state index is 0.0828. The SMILES string of the molecule is CCNC(=O)Cc1ccc(NC2CC(C)N(C)C2)cc1. The molecule has 1 fully saturated rings.